The summed E-state index contributed by atoms with van der Waals surface area (Å²) in [6.45, 7) is 16.5. The number of para-hydroxylation sites is 1. The van der Waals surface area contributed by atoms with Crippen molar-refractivity contribution < 1.29 is 0 Å². The number of hydrogen-bond acceptors (Lipinski definition) is 2. The number of fused-ring (bicyclic) bond motifs is 2. The van der Waals surface area contributed by atoms with Crippen LogP contribution < -0.4 is 9.80 Å². The van der Waals surface area contributed by atoms with Gasteiger partial charge in [0.2, 0.25) is 0 Å². The summed E-state index contributed by atoms with van der Waals surface area (Å²) in [6.07, 6.45) is 2.50. The van der Waals surface area contributed by atoms with Gasteiger partial charge in [-0.15, -0.1) is 0 Å². The lowest BCUT2D eigenvalue weighted by Gasteiger charge is -2.42. The molecule has 2 aliphatic rings. The Morgan fingerprint density at radius 1 is 0.741 bits per heavy atom. The number of anilines is 3. The Morgan fingerprint density at radius 3 is 1.81 bits per heavy atom. The Hall–Kier alpha value is -1.96. The lowest BCUT2D eigenvalue weighted by Crippen LogP contribution is -2.48. The molecular formula is C25H34N2. The van der Waals surface area contributed by atoms with Gasteiger partial charge in [0.25, 0.3) is 0 Å². The van der Waals surface area contributed by atoms with E-state index in [4.69, 9.17) is 0 Å². The first-order valence-electron chi connectivity index (χ1n) is 10.3. The Morgan fingerprint density at radius 2 is 1.26 bits per heavy atom. The summed E-state index contributed by atoms with van der Waals surface area (Å²) in [7, 11) is 2.24. The van der Waals surface area contributed by atoms with E-state index in [1.54, 1.807) is 0 Å². The molecule has 2 aromatic carbocycles. The number of hydrogen-bond donors (Lipinski definition) is 0. The maximum absolute atomic E-state index is 2.54. The van der Waals surface area contributed by atoms with Crippen LogP contribution in [-0.4, -0.2) is 12.7 Å². The normalized spacial score (nSPS) is 21.8. The average molecular weight is 363 g/mol. The molecule has 0 unspecified atom stereocenters. The van der Waals surface area contributed by atoms with E-state index in [0.717, 1.165) is 0 Å². The highest BCUT2D eigenvalue weighted by Gasteiger charge is 2.45. The molecule has 4 rings (SSSR count). The van der Waals surface area contributed by atoms with Gasteiger partial charge in [0.15, 0.2) is 0 Å². The van der Waals surface area contributed by atoms with Crippen LogP contribution in [0.25, 0.3) is 0 Å². The van der Waals surface area contributed by atoms with Gasteiger partial charge in [-0.2, -0.15) is 0 Å². The SMILES string of the molecule is Cc1ccccc1N1c2cc3c(cc2N(C)C1(C)C)C(C)(C)CCC3(C)C. The van der Waals surface area contributed by atoms with Crippen LogP contribution in [0.1, 0.15) is 71.1 Å². The van der Waals surface area contributed by atoms with E-state index < -0.39 is 0 Å². The monoisotopic (exact) mass is 362 g/mol. The predicted octanol–water partition coefficient (Wildman–Crippen LogP) is 6.67. The van der Waals surface area contributed by atoms with Crippen LogP contribution >= 0.6 is 0 Å². The number of rotatable bonds is 1. The fourth-order valence-corrected chi connectivity index (χ4v) is 5.02. The zero-order chi connectivity index (χ0) is 19.8. The van der Waals surface area contributed by atoms with E-state index in [9.17, 15) is 0 Å². The van der Waals surface area contributed by atoms with Crippen molar-refractivity contribution in [3.63, 3.8) is 0 Å². The molecule has 0 amide bonds. The van der Waals surface area contributed by atoms with Crippen LogP contribution in [-0.2, 0) is 10.8 Å². The minimum atomic E-state index is -0.104. The highest BCUT2D eigenvalue weighted by molar-refractivity contribution is 5.87. The smallest absolute Gasteiger partial charge is 0.111 e. The second kappa shape index (κ2) is 5.53. The molecule has 0 saturated carbocycles. The number of nitrogens with zero attached hydrogens (tertiary/aromatic N) is 2. The van der Waals surface area contributed by atoms with Gasteiger partial charge in [0, 0.05) is 12.7 Å². The molecule has 0 fully saturated rings. The van der Waals surface area contributed by atoms with E-state index in [0.29, 0.717) is 0 Å². The number of benzene rings is 2. The molecule has 0 spiro atoms. The van der Waals surface area contributed by atoms with Crippen molar-refractivity contribution in [2.24, 2.45) is 0 Å². The quantitative estimate of drug-likeness (QED) is 0.559. The lowest BCUT2D eigenvalue weighted by atomic mass is 9.63. The third-order valence-electron chi connectivity index (χ3n) is 7.27. The molecule has 0 saturated heterocycles. The molecule has 2 aromatic rings. The molecule has 1 heterocycles. The van der Waals surface area contributed by atoms with E-state index in [1.165, 1.54) is 46.6 Å². The maximum Gasteiger partial charge on any atom is 0.111 e. The summed E-state index contributed by atoms with van der Waals surface area (Å²) >= 11 is 0. The van der Waals surface area contributed by atoms with Gasteiger partial charge in [-0.05, 0) is 79.3 Å². The summed E-state index contributed by atoms with van der Waals surface area (Å²) in [4.78, 5) is 4.99. The molecule has 1 aliphatic carbocycles. The van der Waals surface area contributed by atoms with Crippen molar-refractivity contribution in [2.75, 3.05) is 16.8 Å². The highest BCUT2D eigenvalue weighted by atomic mass is 15.4. The fraction of sp³-hybridized carbons (Fsp3) is 0.520. The third-order valence-corrected chi connectivity index (χ3v) is 7.27. The van der Waals surface area contributed by atoms with E-state index in [-0.39, 0.29) is 16.5 Å². The first-order chi connectivity index (χ1) is 12.5. The summed E-state index contributed by atoms with van der Waals surface area (Å²) in [5.41, 5.74) is 8.75. The van der Waals surface area contributed by atoms with Gasteiger partial charge in [0.1, 0.15) is 5.66 Å². The zero-order valence-electron chi connectivity index (χ0n) is 18.3. The standard InChI is InChI=1S/C25H34N2/c1-17-11-9-10-12-20(17)27-22-16-19-18(15-21(22)26(8)25(27,6)7)23(2,3)13-14-24(19,4)5/h9-12,15-16H,13-14H2,1-8H3. The molecule has 0 N–H and O–H groups in total. The molecule has 1 aliphatic heterocycles. The van der Waals surface area contributed by atoms with Crippen molar-refractivity contribution in [1.82, 2.24) is 0 Å². The minimum Gasteiger partial charge on any atom is -0.350 e. The van der Waals surface area contributed by atoms with Gasteiger partial charge in [-0.1, -0.05) is 45.9 Å². The van der Waals surface area contributed by atoms with Crippen molar-refractivity contribution in [1.29, 1.82) is 0 Å². The first kappa shape index (κ1) is 18.4. The van der Waals surface area contributed by atoms with Crippen LogP contribution in [0, 0.1) is 6.92 Å². The Balaban J connectivity index is 2.00. The second-order valence-corrected chi connectivity index (χ2v) is 10.3. The molecule has 0 radical (unpaired) electrons. The number of aryl methyl sites for hydroxylation is 1. The van der Waals surface area contributed by atoms with Gasteiger partial charge >= 0.3 is 0 Å². The second-order valence-electron chi connectivity index (χ2n) is 10.3. The topological polar surface area (TPSA) is 6.48 Å². The van der Waals surface area contributed by atoms with Gasteiger partial charge in [-0.3, -0.25) is 0 Å². The molecule has 0 bridgehead atoms. The van der Waals surface area contributed by atoms with Crippen LogP contribution in [0.15, 0.2) is 36.4 Å². The maximum atomic E-state index is 2.54. The van der Waals surface area contributed by atoms with Crippen molar-refractivity contribution in [3.8, 4) is 0 Å². The van der Waals surface area contributed by atoms with Crippen LogP contribution in [0.5, 0.6) is 0 Å². The molecule has 2 heteroatoms. The van der Waals surface area contributed by atoms with Gasteiger partial charge in [-0.25, -0.2) is 0 Å². The largest absolute Gasteiger partial charge is 0.350 e. The minimum absolute atomic E-state index is 0.104. The Labute approximate surface area is 165 Å². The van der Waals surface area contributed by atoms with Crippen molar-refractivity contribution >= 4 is 17.1 Å². The van der Waals surface area contributed by atoms with Gasteiger partial charge < -0.3 is 9.80 Å². The zero-order valence-corrected chi connectivity index (χ0v) is 18.3. The van der Waals surface area contributed by atoms with Crippen molar-refractivity contribution in [2.45, 2.75) is 77.8 Å². The van der Waals surface area contributed by atoms with E-state index in [1.807, 2.05) is 0 Å². The Kier molecular flexibility index (Phi) is 3.77. The molecule has 27 heavy (non-hydrogen) atoms. The van der Waals surface area contributed by atoms with E-state index in [2.05, 4.69) is 102 Å². The summed E-state index contributed by atoms with van der Waals surface area (Å²) in [5, 5.41) is 0. The van der Waals surface area contributed by atoms with Crippen LogP contribution in [0.2, 0.25) is 0 Å². The molecule has 2 nitrogen and oxygen atoms in total. The summed E-state index contributed by atoms with van der Waals surface area (Å²) in [5.74, 6) is 0. The average Bonchev–Trinajstić information content (AvgIpc) is 2.78. The molecule has 144 valence electrons. The lowest BCUT2D eigenvalue weighted by molar-refractivity contribution is 0.332. The third kappa shape index (κ3) is 2.52. The van der Waals surface area contributed by atoms with Crippen molar-refractivity contribution in [3.05, 3.63) is 53.1 Å². The fourth-order valence-electron chi connectivity index (χ4n) is 5.02. The van der Waals surface area contributed by atoms with Gasteiger partial charge in [0.05, 0.1) is 11.4 Å². The molecule has 0 aromatic heterocycles. The summed E-state index contributed by atoms with van der Waals surface area (Å²) in [6, 6.07) is 13.8. The van der Waals surface area contributed by atoms with Crippen LogP contribution in [0.4, 0.5) is 17.1 Å². The summed E-state index contributed by atoms with van der Waals surface area (Å²) < 4.78 is 0. The highest BCUT2D eigenvalue weighted by Crippen LogP contribution is 2.55. The predicted molar refractivity (Wildman–Crippen MR) is 118 cm³/mol. The van der Waals surface area contributed by atoms with E-state index >= 15 is 0 Å². The molecular weight excluding hydrogens is 328 g/mol. The van der Waals surface area contributed by atoms with Crippen LogP contribution in [0.3, 0.4) is 0 Å². The first-order valence-corrected chi connectivity index (χ1v) is 10.3. The molecule has 0 atom stereocenters. The Bertz CT molecular complexity index is 905.